The average molecular weight is 322 g/mol. The van der Waals surface area contributed by atoms with Crippen LogP contribution in [0.1, 0.15) is 21.5 Å². The molecular formula is C10H10Br2O2. The van der Waals surface area contributed by atoms with Crippen molar-refractivity contribution in [3.05, 3.63) is 33.3 Å². The van der Waals surface area contributed by atoms with Gasteiger partial charge in [-0.2, -0.15) is 0 Å². The Morgan fingerprint density at radius 3 is 2.57 bits per heavy atom. The van der Waals surface area contributed by atoms with E-state index in [4.69, 9.17) is 4.74 Å². The van der Waals surface area contributed by atoms with Crippen LogP contribution in [0.4, 0.5) is 0 Å². The van der Waals surface area contributed by atoms with E-state index in [9.17, 15) is 4.79 Å². The van der Waals surface area contributed by atoms with Crippen molar-refractivity contribution < 1.29 is 9.53 Å². The van der Waals surface area contributed by atoms with Crippen molar-refractivity contribution in [1.29, 1.82) is 0 Å². The summed E-state index contributed by atoms with van der Waals surface area (Å²) in [4.78, 5) is 11.4. The summed E-state index contributed by atoms with van der Waals surface area (Å²) in [7, 11) is 1.38. The second-order valence-corrected chi connectivity index (χ2v) is 4.31. The van der Waals surface area contributed by atoms with Gasteiger partial charge in [0.1, 0.15) is 0 Å². The van der Waals surface area contributed by atoms with E-state index in [1.165, 1.54) is 7.11 Å². The number of benzene rings is 1. The SMILES string of the molecule is COC(=O)c1c(C)cc(CBr)cc1Br. The zero-order valence-corrected chi connectivity index (χ0v) is 11.1. The van der Waals surface area contributed by atoms with Crippen molar-refractivity contribution in [2.75, 3.05) is 7.11 Å². The minimum Gasteiger partial charge on any atom is -0.465 e. The molecule has 0 fully saturated rings. The maximum absolute atomic E-state index is 11.4. The summed E-state index contributed by atoms with van der Waals surface area (Å²) in [6.07, 6.45) is 0. The van der Waals surface area contributed by atoms with Gasteiger partial charge in [-0.05, 0) is 40.0 Å². The van der Waals surface area contributed by atoms with Gasteiger partial charge in [0.2, 0.25) is 0 Å². The van der Waals surface area contributed by atoms with Crippen molar-refractivity contribution >= 4 is 37.8 Å². The lowest BCUT2D eigenvalue weighted by Crippen LogP contribution is -2.05. The number of rotatable bonds is 2. The van der Waals surface area contributed by atoms with Crippen LogP contribution in [0.5, 0.6) is 0 Å². The van der Waals surface area contributed by atoms with Crippen molar-refractivity contribution in [1.82, 2.24) is 0 Å². The van der Waals surface area contributed by atoms with E-state index in [0.29, 0.717) is 5.56 Å². The van der Waals surface area contributed by atoms with E-state index in [1.807, 2.05) is 19.1 Å². The highest BCUT2D eigenvalue weighted by Gasteiger charge is 2.14. The smallest absolute Gasteiger partial charge is 0.339 e. The molecule has 4 heteroatoms. The van der Waals surface area contributed by atoms with E-state index in [2.05, 4.69) is 31.9 Å². The summed E-state index contributed by atoms with van der Waals surface area (Å²) in [5.41, 5.74) is 2.64. The summed E-state index contributed by atoms with van der Waals surface area (Å²) < 4.78 is 5.47. The summed E-state index contributed by atoms with van der Waals surface area (Å²) in [5, 5.41) is 0.772. The number of carbonyl (C=O) groups is 1. The number of ether oxygens (including phenoxy) is 1. The highest BCUT2D eigenvalue weighted by Crippen LogP contribution is 2.24. The van der Waals surface area contributed by atoms with Crippen LogP contribution < -0.4 is 0 Å². The Kier molecular flexibility index (Phi) is 4.13. The zero-order valence-electron chi connectivity index (χ0n) is 7.93. The minimum atomic E-state index is -0.310. The number of aryl methyl sites for hydroxylation is 1. The Labute approximate surface area is 99.9 Å². The van der Waals surface area contributed by atoms with Gasteiger partial charge >= 0.3 is 5.97 Å². The number of esters is 1. The maximum Gasteiger partial charge on any atom is 0.339 e. The first-order chi connectivity index (χ1) is 6.60. The van der Waals surface area contributed by atoms with Gasteiger partial charge in [0.05, 0.1) is 12.7 Å². The molecule has 0 aliphatic carbocycles. The van der Waals surface area contributed by atoms with Crippen LogP contribution in [0.25, 0.3) is 0 Å². The van der Waals surface area contributed by atoms with Gasteiger partial charge in [-0.1, -0.05) is 22.0 Å². The first kappa shape index (κ1) is 11.7. The normalized spacial score (nSPS) is 10.0. The lowest BCUT2D eigenvalue weighted by molar-refractivity contribution is 0.0599. The zero-order chi connectivity index (χ0) is 10.7. The molecule has 0 aromatic heterocycles. The van der Waals surface area contributed by atoms with Crippen LogP contribution in [0.2, 0.25) is 0 Å². The van der Waals surface area contributed by atoms with E-state index in [0.717, 1.165) is 20.9 Å². The number of hydrogen-bond donors (Lipinski definition) is 0. The Bertz CT molecular complexity index is 338. The summed E-state index contributed by atoms with van der Waals surface area (Å²) in [5.74, 6) is -0.310. The van der Waals surface area contributed by atoms with Gasteiger partial charge < -0.3 is 4.74 Å². The Morgan fingerprint density at radius 1 is 1.50 bits per heavy atom. The summed E-state index contributed by atoms with van der Waals surface area (Å²) in [6.45, 7) is 1.89. The van der Waals surface area contributed by atoms with E-state index >= 15 is 0 Å². The van der Waals surface area contributed by atoms with Gasteiger partial charge in [0.15, 0.2) is 0 Å². The first-order valence-corrected chi connectivity index (χ1v) is 5.95. The van der Waals surface area contributed by atoms with Gasteiger partial charge in [-0.25, -0.2) is 4.79 Å². The Morgan fingerprint density at radius 2 is 2.14 bits per heavy atom. The predicted octanol–water partition coefficient (Wildman–Crippen LogP) is 3.44. The molecule has 0 heterocycles. The van der Waals surface area contributed by atoms with E-state index in [-0.39, 0.29) is 5.97 Å². The largest absolute Gasteiger partial charge is 0.465 e. The standard InChI is InChI=1S/C10H10Br2O2/c1-6-3-7(5-11)4-8(12)9(6)10(13)14-2/h3-4H,5H2,1-2H3. The maximum atomic E-state index is 11.4. The summed E-state index contributed by atoms with van der Waals surface area (Å²) in [6, 6.07) is 3.87. The highest BCUT2D eigenvalue weighted by molar-refractivity contribution is 9.10. The van der Waals surface area contributed by atoms with Crippen LogP contribution in [-0.4, -0.2) is 13.1 Å². The topological polar surface area (TPSA) is 26.3 Å². The van der Waals surface area contributed by atoms with Crippen molar-refractivity contribution in [2.24, 2.45) is 0 Å². The molecule has 76 valence electrons. The number of hydrogen-bond acceptors (Lipinski definition) is 2. The van der Waals surface area contributed by atoms with Crippen LogP contribution in [0, 0.1) is 6.92 Å². The molecular weight excluding hydrogens is 312 g/mol. The molecule has 0 spiro atoms. The lowest BCUT2D eigenvalue weighted by atomic mass is 10.1. The minimum absolute atomic E-state index is 0.310. The van der Waals surface area contributed by atoms with Crippen LogP contribution in [-0.2, 0) is 10.1 Å². The molecule has 1 aromatic rings. The first-order valence-electron chi connectivity index (χ1n) is 4.03. The van der Waals surface area contributed by atoms with Crippen LogP contribution in [0.3, 0.4) is 0 Å². The number of methoxy groups -OCH3 is 1. The molecule has 1 rings (SSSR count). The predicted molar refractivity (Wildman–Crippen MR) is 62.8 cm³/mol. The molecule has 0 amide bonds. The number of halogens is 2. The molecule has 0 N–H and O–H groups in total. The molecule has 0 bridgehead atoms. The second-order valence-electron chi connectivity index (χ2n) is 2.89. The molecule has 2 nitrogen and oxygen atoms in total. The molecule has 0 unspecified atom stereocenters. The molecule has 0 aliphatic heterocycles. The molecule has 0 saturated heterocycles. The lowest BCUT2D eigenvalue weighted by Gasteiger charge is -2.08. The Balaban J connectivity index is 3.25. The van der Waals surface area contributed by atoms with Crippen molar-refractivity contribution in [3.8, 4) is 0 Å². The fourth-order valence-corrected chi connectivity index (χ4v) is 2.35. The fourth-order valence-electron chi connectivity index (χ4n) is 1.25. The van der Waals surface area contributed by atoms with Gasteiger partial charge in [-0.3, -0.25) is 0 Å². The summed E-state index contributed by atoms with van der Waals surface area (Å²) >= 11 is 6.73. The van der Waals surface area contributed by atoms with Crippen LogP contribution in [0.15, 0.2) is 16.6 Å². The third kappa shape index (κ3) is 2.36. The highest BCUT2D eigenvalue weighted by atomic mass is 79.9. The quantitative estimate of drug-likeness (QED) is 0.616. The van der Waals surface area contributed by atoms with Crippen LogP contribution >= 0.6 is 31.9 Å². The van der Waals surface area contributed by atoms with Gasteiger partial charge in [-0.15, -0.1) is 0 Å². The van der Waals surface area contributed by atoms with Gasteiger partial charge in [0, 0.05) is 9.80 Å². The molecule has 0 radical (unpaired) electrons. The number of alkyl halides is 1. The molecule has 0 saturated carbocycles. The average Bonchev–Trinajstić information content (AvgIpc) is 2.16. The molecule has 0 aliphatic rings. The molecule has 0 atom stereocenters. The van der Waals surface area contributed by atoms with Gasteiger partial charge in [0.25, 0.3) is 0 Å². The number of carbonyl (C=O) groups excluding carboxylic acids is 1. The van der Waals surface area contributed by atoms with E-state index < -0.39 is 0 Å². The monoisotopic (exact) mass is 320 g/mol. The second kappa shape index (κ2) is 4.94. The molecule has 1 aromatic carbocycles. The fraction of sp³-hybridized carbons (Fsp3) is 0.300. The third-order valence-electron chi connectivity index (χ3n) is 1.89. The molecule has 14 heavy (non-hydrogen) atoms. The van der Waals surface area contributed by atoms with Crippen molar-refractivity contribution in [2.45, 2.75) is 12.3 Å². The third-order valence-corrected chi connectivity index (χ3v) is 3.16. The van der Waals surface area contributed by atoms with E-state index in [1.54, 1.807) is 0 Å². The van der Waals surface area contributed by atoms with Crippen molar-refractivity contribution in [3.63, 3.8) is 0 Å². The Hall–Kier alpha value is -0.350.